The second-order valence-electron chi connectivity index (χ2n) is 2.95. The lowest BCUT2D eigenvalue weighted by molar-refractivity contribution is 0.628. The fourth-order valence-electron chi connectivity index (χ4n) is 1.17. The lowest BCUT2D eigenvalue weighted by Crippen LogP contribution is -2.11. The molecule has 0 atom stereocenters. The SMILES string of the molecule is Cc1nnc(-c2ccc(F)cc2)n1N. The maximum Gasteiger partial charge on any atom is 0.182 e. The third-order valence-corrected chi connectivity index (χ3v) is 1.97. The van der Waals surface area contributed by atoms with E-state index < -0.39 is 0 Å². The van der Waals surface area contributed by atoms with Crippen molar-refractivity contribution in [1.82, 2.24) is 14.9 Å². The van der Waals surface area contributed by atoms with Crippen LogP contribution >= 0.6 is 0 Å². The second-order valence-corrected chi connectivity index (χ2v) is 2.95. The molecule has 0 saturated heterocycles. The van der Waals surface area contributed by atoms with Crippen LogP contribution in [0.4, 0.5) is 4.39 Å². The first-order valence-electron chi connectivity index (χ1n) is 4.11. The molecular formula is C9H9FN4. The van der Waals surface area contributed by atoms with Gasteiger partial charge in [0, 0.05) is 5.56 Å². The van der Waals surface area contributed by atoms with Crippen molar-refractivity contribution in [3.8, 4) is 11.4 Å². The Morgan fingerprint density at radius 2 is 1.86 bits per heavy atom. The molecule has 2 aromatic rings. The van der Waals surface area contributed by atoms with Gasteiger partial charge in [0.05, 0.1) is 0 Å². The van der Waals surface area contributed by atoms with E-state index in [0.717, 1.165) is 5.56 Å². The van der Waals surface area contributed by atoms with E-state index in [-0.39, 0.29) is 5.82 Å². The third-order valence-electron chi connectivity index (χ3n) is 1.97. The number of hydrogen-bond donors (Lipinski definition) is 1. The topological polar surface area (TPSA) is 56.7 Å². The van der Waals surface area contributed by atoms with Gasteiger partial charge in [-0.25, -0.2) is 9.07 Å². The molecule has 0 aliphatic heterocycles. The van der Waals surface area contributed by atoms with Gasteiger partial charge < -0.3 is 5.84 Å². The largest absolute Gasteiger partial charge is 0.336 e. The molecule has 0 radical (unpaired) electrons. The lowest BCUT2D eigenvalue weighted by Gasteiger charge is -2.00. The molecule has 1 aromatic carbocycles. The summed E-state index contributed by atoms with van der Waals surface area (Å²) in [4.78, 5) is 0. The van der Waals surface area contributed by atoms with Crippen LogP contribution in [-0.4, -0.2) is 14.9 Å². The van der Waals surface area contributed by atoms with E-state index in [1.54, 1.807) is 19.1 Å². The Labute approximate surface area is 80.2 Å². The summed E-state index contributed by atoms with van der Waals surface area (Å²) in [6.07, 6.45) is 0. The molecule has 2 rings (SSSR count). The highest BCUT2D eigenvalue weighted by atomic mass is 19.1. The average molecular weight is 192 g/mol. The van der Waals surface area contributed by atoms with Crippen LogP contribution in [0.5, 0.6) is 0 Å². The molecule has 72 valence electrons. The summed E-state index contributed by atoms with van der Waals surface area (Å²) in [5.41, 5.74) is 0.745. The van der Waals surface area contributed by atoms with Gasteiger partial charge in [-0.2, -0.15) is 0 Å². The molecule has 5 heteroatoms. The number of benzene rings is 1. The summed E-state index contributed by atoms with van der Waals surface area (Å²) >= 11 is 0. The van der Waals surface area contributed by atoms with E-state index in [4.69, 9.17) is 5.84 Å². The van der Waals surface area contributed by atoms with Gasteiger partial charge >= 0.3 is 0 Å². The quantitative estimate of drug-likeness (QED) is 0.688. The van der Waals surface area contributed by atoms with Crippen LogP contribution in [-0.2, 0) is 0 Å². The van der Waals surface area contributed by atoms with E-state index in [1.165, 1.54) is 16.8 Å². The van der Waals surface area contributed by atoms with Crippen molar-refractivity contribution in [3.63, 3.8) is 0 Å². The zero-order chi connectivity index (χ0) is 10.1. The first-order valence-corrected chi connectivity index (χ1v) is 4.11. The van der Waals surface area contributed by atoms with Crippen LogP contribution in [0.25, 0.3) is 11.4 Å². The predicted molar refractivity (Wildman–Crippen MR) is 50.3 cm³/mol. The van der Waals surface area contributed by atoms with Gasteiger partial charge in [-0.3, -0.25) is 0 Å². The Kier molecular flexibility index (Phi) is 1.92. The molecule has 1 heterocycles. The summed E-state index contributed by atoms with van der Waals surface area (Å²) in [6, 6.07) is 5.95. The number of halogens is 1. The van der Waals surface area contributed by atoms with Crippen molar-refractivity contribution in [3.05, 3.63) is 35.9 Å². The number of nitrogens with zero attached hydrogens (tertiary/aromatic N) is 3. The maximum absolute atomic E-state index is 12.6. The normalized spacial score (nSPS) is 10.4. The van der Waals surface area contributed by atoms with Gasteiger partial charge in [0.1, 0.15) is 11.6 Å². The molecule has 0 aliphatic carbocycles. The molecular weight excluding hydrogens is 183 g/mol. The molecule has 0 unspecified atom stereocenters. The Bertz CT molecular complexity index is 446. The fraction of sp³-hybridized carbons (Fsp3) is 0.111. The fourth-order valence-corrected chi connectivity index (χ4v) is 1.17. The van der Waals surface area contributed by atoms with E-state index in [0.29, 0.717) is 11.6 Å². The number of nitrogen functional groups attached to an aromatic ring is 1. The second kappa shape index (κ2) is 3.10. The van der Waals surface area contributed by atoms with E-state index in [1.807, 2.05) is 0 Å². The van der Waals surface area contributed by atoms with E-state index in [2.05, 4.69) is 10.2 Å². The summed E-state index contributed by atoms with van der Waals surface area (Å²) in [6.45, 7) is 1.75. The standard InChI is InChI=1S/C9H9FN4/c1-6-12-13-9(14(6)11)7-2-4-8(10)5-3-7/h2-5H,11H2,1H3. The van der Waals surface area contributed by atoms with E-state index in [9.17, 15) is 4.39 Å². The molecule has 1 aromatic heterocycles. The van der Waals surface area contributed by atoms with Gasteiger partial charge in [0.2, 0.25) is 0 Å². The lowest BCUT2D eigenvalue weighted by atomic mass is 10.2. The monoisotopic (exact) mass is 192 g/mol. The first kappa shape index (κ1) is 8.68. The van der Waals surface area contributed by atoms with Crippen molar-refractivity contribution in [2.24, 2.45) is 0 Å². The van der Waals surface area contributed by atoms with Crippen LogP contribution in [0.15, 0.2) is 24.3 Å². The van der Waals surface area contributed by atoms with Gasteiger partial charge in [0.25, 0.3) is 0 Å². The van der Waals surface area contributed by atoms with Gasteiger partial charge in [-0.1, -0.05) is 0 Å². The highest BCUT2D eigenvalue weighted by Crippen LogP contribution is 2.15. The zero-order valence-electron chi connectivity index (χ0n) is 7.61. The minimum absolute atomic E-state index is 0.284. The highest BCUT2D eigenvalue weighted by molar-refractivity contribution is 5.55. The van der Waals surface area contributed by atoms with Crippen molar-refractivity contribution in [1.29, 1.82) is 0 Å². The van der Waals surface area contributed by atoms with E-state index >= 15 is 0 Å². The maximum atomic E-state index is 12.6. The highest BCUT2D eigenvalue weighted by Gasteiger charge is 2.07. The van der Waals surface area contributed by atoms with Crippen molar-refractivity contribution in [2.75, 3.05) is 5.84 Å². The summed E-state index contributed by atoms with van der Waals surface area (Å²) in [7, 11) is 0. The van der Waals surface area contributed by atoms with Crippen LogP contribution in [0.1, 0.15) is 5.82 Å². The Morgan fingerprint density at radius 3 is 2.36 bits per heavy atom. The summed E-state index contributed by atoms with van der Waals surface area (Å²) < 4.78 is 14.0. The minimum atomic E-state index is -0.284. The van der Waals surface area contributed by atoms with Gasteiger partial charge in [-0.15, -0.1) is 10.2 Å². The third kappa shape index (κ3) is 1.32. The Morgan fingerprint density at radius 1 is 1.21 bits per heavy atom. The van der Waals surface area contributed by atoms with Crippen molar-refractivity contribution in [2.45, 2.75) is 6.92 Å². The summed E-state index contributed by atoms with van der Waals surface area (Å²) in [5, 5.41) is 7.69. The van der Waals surface area contributed by atoms with Crippen LogP contribution in [0.3, 0.4) is 0 Å². The van der Waals surface area contributed by atoms with Crippen molar-refractivity contribution >= 4 is 0 Å². The average Bonchev–Trinajstić information content (AvgIpc) is 2.50. The van der Waals surface area contributed by atoms with Crippen molar-refractivity contribution < 1.29 is 4.39 Å². The molecule has 0 fully saturated rings. The van der Waals surface area contributed by atoms with Crippen LogP contribution in [0, 0.1) is 12.7 Å². The van der Waals surface area contributed by atoms with Crippen LogP contribution < -0.4 is 5.84 Å². The molecule has 0 aliphatic rings. The number of nitrogens with two attached hydrogens (primary N) is 1. The Balaban J connectivity index is 2.49. The number of hydrogen-bond acceptors (Lipinski definition) is 3. The van der Waals surface area contributed by atoms with Crippen LogP contribution in [0.2, 0.25) is 0 Å². The molecule has 0 amide bonds. The number of aryl methyl sites for hydroxylation is 1. The van der Waals surface area contributed by atoms with Gasteiger partial charge in [-0.05, 0) is 31.2 Å². The molecule has 0 bridgehead atoms. The molecule has 14 heavy (non-hydrogen) atoms. The molecule has 0 saturated carbocycles. The summed E-state index contributed by atoms with van der Waals surface area (Å²) in [5.74, 6) is 6.53. The number of aromatic nitrogens is 3. The molecule has 4 nitrogen and oxygen atoms in total. The zero-order valence-corrected chi connectivity index (χ0v) is 7.61. The molecule has 2 N–H and O–H groups in total. The smallest absolute Gasteiger partial charge is 0.182 e. The predicted octanol–water partition coefficient (Wildman–Crippen LogP) is 1.11. The van der Waals surface area contributed by atoms with Gasteiger partial charge in [0.15, 0.2) is 5.82 Å². The Hall–Kier alpha value is -1.91. The first-order chi connectivity index (χ1) is 6.68. The number of rotatable bonds is 1. The minimum Gasteiger partial charge on any atom is -0.336 e. The molecule has 0 spiro atoms.